The fourth-order valence-electron chi connectivity index (χ4n) is 4.37. The van der Waals surface area contributed by atoms with Gasteiger partial charge < -0.3 is 60.0 Å². The van der Waals surface area contributed by atoms with E-state index in [0.717, 1.165) is 6.08 Å². The summed E-state index contributed by atoms with van der Waals surface area (Å²) in [6, 6.07) is 2.91. The molecule has 1 aliphatic carbocycles. The fourth-order valence-corrected chi connectivity index (χ4v) is 4.37. The molecule has 4 rings (SSSR count). The van der Waals surface area contributed by atoms with Crippen LogP contribution >= 0.6 is 0 Å². The number of aliphatic hydroxyl groups is 6. The molecule has 13 nitrogen and oxygen atoms in total. The second-order valence-corrected chi connectivity index (χ2v) is 8.76. The van der Waals surface area contributed by atoms with Crippen molar-refractivity contribution in [2.24, 2.45) is 0 Å². The van der Waals surface area contributed by atoms with Crippen LogP contribution in [0.3, 0.4) is 0 Å². The molecule has 0 bridgehead atoms. The average Bonchev–Trinajstić information content (AvgIpc) is 3.42. The van der Waals surface area contributed by atoms with Crippen LogP contribution in [0.15, 0.2) is 24.3 Å². The summed E-state index contributed by atoms with van der Waals surface area (Å²) in [7, 11) is 0. The van der Waals surface area contributed by atoms with E-state index in [1.807, 2.05) is 0 Å². The maximum Gasteiger partial charge on any atom is 0.244 e. The molecule has 194 valence electrons. The van der Waals surface area contributed by atoms with Gasteiger partial charge in [-0.15, -0.1) is 0 Å². The molecule has 1 amide bonds. The van der Waals surface area contributed by atoms with Crippen molar-refractivity contribution in [1.29, 1.82) is 0 Å². The van der Waals surface area contributed by atoms with Gasteiger partial charge in [0, 0.05) is 6.08 Å². The number of carbonyl (C=O) groups excluding carboxylic acids is 1. The zero-order valence-electron chi connectivity index (χ0n) is 18.6. The quantitative estimate of drug-likeness (QED) is 0.184. The second-order valence-electron chi connectivity index (χ2n) is 8.76. The third kappa shape index (κ3) is 5.14. The predicted molar refractivity (Wildman–Crippen MR) is 115 cm³/mol. The number of carbonyl (C=O) groups is 1. The Balaban J connectivity index is 1.36. The van der Waals surface area contributed by atoms with E-state index < -0.39 is 73.2 Å². The summed E-state index contributed by atoms with van der Waals surface area (Å²) in [4.78, 5) is 12.4. The summed E-state index contributed by atoms with van der Waals surface area (Å²) < 4.78 is 21.1. The Hall–Kier alpha value is -2.33. The number of phenols is 1. The Labute approximate surface area is 199 Å². The summed E-state index contributed by atoms with van der Waals surface area (Å²) in [5, 5.41) is 73.1. The summed E-state index contributed by atoms with van der Waals surface area (Å²) >= 11 is 0. The lowest BCUT2D eigenvalue weighted by atomic mass is 9.83. The molecule has 2 saturated heterocycles. The summed E-state index contributed by atoms with van der Waals surface area (Å²) in [6.07, 6.45) is -9.74. The van der Waals surface area contributed by atoms with Crippen molar-refractivity contribution in [2.75, 3.05) is 6.79 Å². The summed E-state index contributed by atoms with van der Waals surface area (Å²) in [5.41, 5.74) is 0.386. The van der Waals surface area contributed by atoms with E-state index in [9.17, 15) is 40.5 Å². The molecule has 35 heavy (non-hydrogen) atoms. The van der Waals surface area contributed by atoms with Gasteiger partial charge in [-0.3, -0.25) is 4.79 Å². The predicted octanol–water partition coefficient (Wildman–Crippen LogP) is -3.07. The van der Waals surface area contributed by atoms with Crippen molar-refractivity contribution in [3.63, 3.8) is 0 Å². The first-order chi connectivity index (χ1) is 16.6. The molecule has 1 aromatic rings. The first kappa shape index (κ1) is 25.8. The number of phenolic OH excluding ortho intramolecular Hbond substituents is 1. The monoisotopic (exact) mass is 499 g/mol. The van der Waals surface area contributed by atoms with Crippen molar-refractivity contribution in [1.82, 2.24) is 5.32 Å². The lowest BCUT2D eigenvalue weighted by Gasteiger charge is -2.41. The van der Waals surface area contributed by atoms with Gasteiger partial charge in [-0.1, -0.05) is 6.07 Å². The minimum Gasteiger partial charge on any atom is -0.504 e. The SMILES string of the molecule is C[C@@H](O)[C@H]1O[C@@H](Oc2ccc(/C=C/C(=O)N[C@@H]3[C@H](O)[C@@H](O)[C@H]4OCO[C@H]4[C@@H]3O)cc2O)[C@@H](O)[C@@H]1O. The van der Waals surface area contributed by atoms with Crippen molar-refractivity contribution >= 4 is 12.0 Å². The highest BCUT2D eigenvalue weighted by Crippen LogP contribution is 2.33. The van der Waals surface area contributed by atoms with Gasteiger partial charge >= 0.3 is 0 Å². The number of nitrogens with one attached hydrogen (secondary N) is 1. The number of aromatic hydroxyl groups is 1. The normalized spacial score (nSPS) is 40.0. The van der Waals surface area contributed by atoms with Gasteiger partial charge in [0.15, 0.2) is 11.5 Å². The van der Waals surface area contributed by atoms with Crippen LogP contribution in [0, 0.1) is 0 Å². The van der Waals surface area contributed by atoms with Crippen LogP contribution in [-0.2, 0) is 19.0 Å². The van der Waals surface area contributed by atoms with Crippen molar-refractivity contribution in [3.05, 3.63) is 29.8 Å². The van der Waals surface area contributed by atoms with Gasteiger partial charge in [-0.25, -0.2) is 0 Å². The highest BCUT2D eigenvalue weighted by molar-refractivity contribution is 5.92. The van der Waals surface area contributed by atoms with Crippen LogP contribution in [0.2, 0.25) is 0 Å². The van der Waals surface area contributed by atoms with Crippen molar-refractivity contribution in [3.8, 4) is 11.5 Å². The largest absolute Gasteiger partial charge is 0.504 e. The molecule has 1 saturated carbocycles. The molecule has 0 aromatic heterocycles. The molecule has 13 heteroatoms. The third-order valence-electron chi connectivity index (χ3n) is 6.30. The van der Waals surface area contributed by atoms with Gasteiger partial charge in [0.1, 0.15) is 55.6 Å². The van der Waals surface area contributed by atoms with E-state index in [0.29, 0.717) is 5.56 Å². The number of fused-ring (bicyclic) bond motifs is 1. The first-order valence-corrected chi connectivity index (χ1v) is 11.0. The molecule has 3 aliphatic rings. The van der Waals surface area contributed by atoms with Gasteiger partial charge in [0.25, 0.3) is 0 Å². The third-order valence-corrected chi connectivity index (χ3v) is 6.30. The van der Waals surface area contributed by atoms with Gasteiger partial charge in [0.2, 0.25) is 12.2 Å². The minimum absolute atomic E-state index is 0.0649. The number of hydrogen-bond donors (Lipinski definition) is 8. The van der Waals surface area contributed by atoms with Crippen LogP contribution in [0.4, 0.5) is 0 Å². The van der Waals surface area contributed by atoms with Gasteiger partial charge in [-0.05, 0) is 30.7 Å². The average molecular weight is 499 g/mol. The second kappa shape index (κ2) is 10.3. The lowest BCUT2D eigenvalue weighted by molar-refractivity contribution is -0.154. The molecule has 11 atom stereocenters. The molecule has 0 spiro atoms. The number of aliphatic hydroxyl groups excluding tert-OH is 6. The van der Waals surface area contributed by atoms with E-state index in [-0.39, 0.29) is 18.3 Å². The van der Waals surface area contributed by atoms with Crippen LogP contribution < -0.4 is 10.1 Å². The van der Waals surface area contributed by atoms with E-state index >= 15 is 0 Å². The molecular formula is C22H29NO12. The number of rotatable bonds is 6. The molecule has 0 radical (unpaired) electrons. The standard InChI is InChI=1S/C22H29NO12/c1-8(24)19-17(30)18(31)22(35-19)34-11-4-2-9(6-10(11)25)3-5-12(26)23-13-14(27)16(29)21-20(15(13)28)32-7-33-21/h2-6,8,13-22,24-25,27-31H,7H2,1H3,(H,23,26)/b5-3+/t8-,13-,14+,15-,16-,17+,18+,19-,20+,21-,22-/m1/s1. The molecule has 0 unspecified atom stereocenters. The number of hydrogen-bond acceptors (Lipinski definition) is 12. The minimum atomic E-state index is -1.48. The summed E-state index contributed by atoms with van der Waals surface area (Å²) in [6.45, 7) is 1.25. The lowest BCUT2D eigenvalue weighted by Crippen LogP contribution is -2.67. The smallest absolute Gasteiger partial charge is 0.244 e. The Morgan fingerprint density at radius 2 is 1.74 bits per heavy atom. The van der Waals surface area contributed by atoms with Crippen molar-refractivity contribution < 1.29 is 59.5 Å². The Morgan fingerprint density at radius 1 is 1.06 bits per heavy atom. The van der Waals surface area contributed by atoms with E-state index in [2.05, 4.69) is 5.32 Å². The number of amides is 1. The zero-order chi connectivity index (χ0) is 25.4. The van der Waals surface area contributed by atoms with Crippen LogP contribution in [0.5, 0.6) is 11.5 Å². The maximum absolute atomic E-state index is 12.4. The highest BCUT2D eigenvalue weighted by Gasteiger charge is 2.53. The van der Waals surface area contributed by atoms with Gasteiger partial charge in [-0.2, -0.15) is 0 Å². The molecule has 2 aliphatic heterocycles. The first-order valence-electron chi connectivity index (χ1n) is 11.0. The van der Waals surface area contributed by atoms with Crippen molar-refractivity contribution in [2.45, 2.75) is 74.2 Å². The zero-order valence-corrected chi connectivity index (χ0v) is 18.6. The molecule has 2 heterocycles. The van der Waals surface area contributed by atoms with E-state index in [1.165, 1.54) is 31.2 Å². The van der Waals surface area contributed by atoms with Crippen LogP contribution in [-0.4, -0.2) is 116 Å². The number of ether oxygens (including phenoxy) is 4. The van der Waals surface area contributed by atoms with Gasteiger partial charge in [0.05, 0.1) is 12.1 Å². The van der Waals surface area contributed by atoms with Crippen LogP contribution in [0.25, 0.3) is 6.08 Å². The maximum atomic E-state index is 12.4. The van der Waals surface area contributed by atoms with E-state index in [1.54, 1.807) is 0 Å². The Bertz CT molecular complexity index is 941. The topological polar surface area (TPSA) is 208 Å². The molecule has 3 fully saturated rings. The molecule has 1 aromatic carbocycles. The summed E-state index contributed by atoms with van der Waals surface area (Å²) in [5.74, 6) is -1.09. The Kier molecular flexibility index (Phi) is 7.61. The Morgan fingerprint density at radius 3 is 2.37 bits per heavy atom. The van der Waals surface area contributed by atoms with E-state index in [4.69, 9.17) is 18.9 Å². The number of benzene rings is 1. The molecular weight excluding hydrogens is 470 g/mol. The fraction of sp³-hybridized carbons (Fsp3) is 0.591. The van der Waals surface area contributed by atoms with Crippen LogP contribution in [0.1, 0.15) is 12.5 Å². The molecule has 8 N–H and O–H groups in total. The highest BCUT2D eigenvalue weighted by atomic mass is 16.7.